The number of halogens is 1. The molecule has 2 amide bonds. The molecule has 0 radical (unpaired) electrons. The van der Waals surface area contributed by atoms with Gasteiger partial charge in [0, 0.05) is 32.7 Å². The topological polar surface area (TPSA) is 85.7 Å². The highest BCUT2D eigenvalue weighted by molar-refractivity contribution is 9.10. The molecule has 0 atom stereocenters. The van der Waals surface area contributed by atoms with Crippen molar-refractivity contribution in [2.75, 3.05) is 13.7 Å². The van der Waals surface area contributed by atoms with Crippen LogP contribution in [0.15, 0.2) is 58.0 Å². The van der Waals surface area contributed by atoms with Crippen LogP contribution in [0.3, 0.4) is 0 Å². The first-order valence-corrected chi connectivity index (χ1v) is 11.6. The van der Waals surface area contributed by atoms with E-state index < -0.39 is 17.1 Å². The highest BCUT2D eigenvalue weighted by Crippen LogP contribution is 2.35. The van der Waals surface area contributed by atoms with E-state index >= 15 is 0 Å². The van der Waals surface area contributed by atoms with Crippen LogP contribution in [0, 0.1) is 6.92 Å². The Morgan fingerprint density at radius 3 is 2.52 bits per heavy atom. The number of aryl methyl sites for hydroxylation is 1. The van der Waals surface area contributed by atoms with E-state index in [0.29, 0.717) is 11.1 Å². The molecule has 1 aromatic heterocycles. The van der Waals surface area contributed by atoms with Crippen molar-refractivity contribution in [3.8, 4) is 0 Å². The summed E-state index contributed by atoms with van der Waals surface area (Å²) in [6.45, 7) is 1.60. The fourth-order valence-corrected chi connectivity index (χ4v) is 4.69. The van der Waals surface area contributed by atoms with Gasteiger partial charge < -0.3 is 9.30 Å². The van der Waals surface area contributed by atoms with E-state index in [2.05, 4.69) is 15.9 Å². The number of benzene rings is 2. The minimum atomic E-state index is -0.519. The number of methoxy groups -OCH3 is 1. The molecule has 0 unspecified atom stereocenters. The van der Waals surface area contributed by atoms with Crippen molar-refractivity contribution in [1.29, 1.82) is 0 Å². The van der Waals surface area contributed by atoms with Crippen molar-refractivity contribution in [1.82, 2.24) is 9.47 Å². The van der Waals surface area contributed by atoms with Gasteiger partial charge in [-0.2, -0.15) is 0 Å². The van der Waals surface area contributed by atoms with Crippen molar-refractivity contribution in [3.63, 3.8) is 0 Å². The third-order valence-electron chi connectivity index (χ3n) is 5.24. The molecule has 2 aromatic carbocycles. The van der Waals surface area contributed by atoms with Gasteiger partial charge in [0.25, 0.3) is 11.1 Å². The molecule has 4 rings (SSSR count). The second-order valence-electron chi connectivity index (χ2n) is 7.51. The van der Waals surface area contributed by atoms with Crippen molar-refractivity contribution in [2.45, 2.75) is 13.5 Å². The van der Waals surface area contributed by atoms with E-state index in [0.717, 1.165) is 37.6 Å². The Morgan fingerprint density at radius 1 is 1.09 bits per heavy atom. The molecule has 1 saturated heterocycles. The highest BCUT2D eigenvalue weighted by atomic mass is 79.9. The Bertz CT molecular complexity index is 1330. The normalized spacial score (nSPS) is 15.0. The van der Waals surface area contributed by atoms with Crippen LogP contribution in [0.2, 0.25) is 0 Å². The maximum atomic E-state index is 12.9. The van der Waals surface area contributed by atoms with Gasteiger partial charge >= 0.3 is 5.97 Å². The Hall–Kier alpha value is -3.17. The number of ether oxygens (including phenoxy) is 1. The van der Waals surface area contributed by atoms with E-state index in [1.54, 1.807) is 29.0 Å². The number of nitrogens with zero attached hydrogens (tertiary/aromatic N) is 2. The summed E-state index contributed by atoms with van der Waals surface area (Å²) in [5, 5.41) is 0.307. The largest absolute Gasteiger partial charge is 0.468 e. The Balaban J connectivity index is 1.63. The number of imide groups is 1. The van der Waals surface area contributed by atoms with Crippen molar-refractivity contribution in [2.24, 2.45) is 0 Å². The molecule has 0 N–H and O–H groups in total. The zero-order valence-corrected chi connectivity index (χ0v) is 20.2. The minimum Gasteiger partial charge on any atom is -0.468 e. The van der Waals surface area contributed by atoms with Crippen LogP contribution in [0.5, 0.6) is 0 Å². The number of esters is 1. The lowest BCUT2D eigenvalue weighted by Crippen LogP contribution is -2.33. The Labute approximate surface area is 202 Å². The first-order chi connectivity index (χ1) is 15.8. The van der Waals surface area contributed by atoms with Crippen LogP contribution >= 0.6 is 27.7 Å². The van der Waals surface area contributed by atoms with Gasteiger partial charge in [-0.05, 0) is 43.0 Å². The number of aromatic nitrogens is 1. The van der Waals surface area contributed by atoms with Crippen molar-refractivity contribution in [3.05, 3.63) is 74.7 Å². The van der Waals surface area contributed by atoms with Crippen LogP contribution in [0.4, 0.5) is 4.79 Å². The summed E-state index contributed by atoms with van der Waals surface area (Å²) in [4.78, 5) is 51.0. The molecular weight excluding hydrogens is 508 g/mol. The highest BCUT2D eigenvalue weighted by Gasteiger charge is 2.36. The number of hydrogen-bond acceptors (Lipinski definition) is 6. The van der Waals surface area contributed by atoms with E-state index in [1.807, 2.05) is 37.3 Å². The van der Waals surface area contributed by atoms with E-state index in [-0.39, 0.29) is 23.8 Å². The van der Waals surface area contributed by atoms with Gasteiger partial charge in [0.2, 0.25) is 0 Å². The fraction of sp³-hybridized carbons (Fsp3) is 0.167. The number of fused-ring (bicyclic) bond motifs is 1. The molecule has 0 aliphatic carbocycles. The number of carbonyl (C=O) groups is 4. The summed E-state index contributed by atoms with van der Waals surface area (Å²) in [5.41, 5.74) is 2.91. The predicted octanol–water partition coefficient (Wildman–Crippen LogP) is 4.80. The monoisotopic (exact) mass is 526 g/mol. The molecule has 33 heavy (non-hydrogen) atoms. The quantitative estimate of drug-likeness (QED) is 0.260. The summed E-state index contributed by atoms with van der Waals surface area (Å²) < 4.78 is 7.33. The van der Waals surface area contributed by atoms with E-state index in [1.165, 1.54) is 7.11 Å². The number of rotatable bonds is 6. The van der Waals surface area contributed by atoms with Crippen molar-refractivity contribution < 1.29 is 23.9 Å². The van der Waals surface area contributed by atoms with Gasteiger partial charge in [-0.15, -0.1) is 0 Å². The molecule has 0 spiro atoms. The van der Waals surface area contributed by atoms with Crippen LogP contribution in [-0.4, -0.2) is 46.0 Å². The molecular formula is C24H19BrN2O5S. The number of ketones is 1. The Morgan fingerprint density at radius 2 is 1.82 bits per heavy atom. The van der Waals surface area contributed by atoms with Gasteiger partial charge in [-0.3, -0.25) is 24.1 Å². The average Bonchev–Trinajstić information content (AvgIpc) is 3.25. The lowest BCUT2D eigenvalue weighted by molar-refractivity contribution is -0.141. The van der Waals surface area contributed by atoms with Crippen LogP contribution in [0.25, 0.3) is 17.0 Å². The molecule has 0 saturated carbocycles. The third kappa shape index (κ3) is 4.79. The maximum Gasteiger partial charge on any atom is 0.325 e. The average molecular weight is 527 g/mol. The molecule has 1 fully saturated rings. The number of Topliss-reactive ketones (excluding diaryl/α,β-unsaturated/α-hetero) is 1. The van der Waals surface area contributed by atoms with Crippen LogP contribution < -0.4 is 0 Å². The number of thioether (sulfide) groups is 1. The predicted molar refractivity (Wildman–Crippen MR) is 130 cm³/mol. The first kappa shape index (κ1) is 23.0. The summed E-state index contributed by atoms with van der Waals surface area (Å²) in [7, 11) is 1.32. The SMILES string of the molecule is COC(=O)Cn1cc(/C=C2\SC(=O)N(CC(=O)c3ccc(C)cc3)C2=O)c2cc(Br)ccc21. The molecule has 168 valence electrons. The third-order valence-corrected chi connectivity index (χ3v) is 6.64. The fourth-order valence-electron chi connectivity index (χ4n) is 3.50. The zero-order valence-electron chi connectivity index (χ0n) is 17.8. The zero-order chi connectivity index (χ0) is 23.7. The molecule has 9 heteroatoms. The second kappa shape index (κ2) is 9.36. The van der Waals surface area contributed by atoms with Crippen molar-refractivity contribution >= 4 is 67.6 Å². The summed E-state index contributed by atoms with van der Waals surface area (Å²) in [6.07, 6.45) is 3.35. The van der Waals surface area contributed by atoms with Gasteiger partial charge in [-0.1, -0.05) is 45.8 Å². The van der Waals surface area contributed by atoms with Gasteiger partial charge in [0.05, 0.1) is 18.6 Å². The Kier molecular flexibility index (Phi) is 6.53. The first-order valence-electron chi connectivity index (χ1n) is 9.97. The lowest BCUT2D eigenvalue weighted by Gasteiger charge is -2.11. The summed E-state index contributed by atoms with van der Waals surface area (Å²) in [6, 6.07) is 12.6. The standard InChI is InChI=1S/C24H19BrN2O5S/c1-14-3-5-15(6-4-14)20(28)12-27-23(30)21(33-24(27)31)9-16-11-26(13-22(29)32-2)19-8-7-17(25)10-18(16)19/h3-11H,12-13H2,1-2H3/b21-9-. The van der Waals surface area contributed by atoms with Crippen LogP contribution in [-0.2, 0) is 20.9 Å². The lowest BCUT2D eigenvalue weighted by atomic mass is 10.1. The molecule has 1 aliphatic heterocycles. The molecule has 7 nitrogen and oxygen atoms in total. The summed E-state index contributed by atoms with van der Waals surface area (Å²) >= 11 is 4.23. The molecule has 2 heterocycles. The van der Waals surface area contributed by atoms with E-state index in [4.69, 9.17) is 4.74 Å². The van der Waals surface area contributed by atoms with Gasteiger partial charge in [0.1, 0.15) is 6.54 Å². The number of amides is 2. The van der Waals surface area contributed by atoms with Crippen LogP contribution in [0.1, 0.15) is 21.5 Å². The smallest absolute Gasteiger partial charge is 0.325 e. The molecule has 3 aromatic rings. The minimum absolute atomic E-state index is 0.00893. The number of carbonyl (C=O) groups excluding carboxylic acids is 4. The van der Waals surface area contributed by atoms with E-state index in [9.17, 15) is 19.2 Å². The summed E-state index contributed by atoms with van der Waals surface area (Å²) in [5.74, 6) is -1.23. The maximum absolute atomic E-state index is 12.9. The molecule has 0 bridgehead atoms. The number of hydrogen-bond donors (Lipinski definition) is 0. The van der Waals surface area contributed by atoms with Gasteiger partial charge in [0.15, 0.2) is 5.78 Å². The van der Waals surface area contributed by atoms with Gasteiger partial charge in [-0.25, -0.2) is 0 Å². The molecule has 1 aliphatic rings. The second-order valence-corrected chi connectivity index (χ2v) is 9.42.